The van der Waals surface area contributed by atoms with Crippen molar-refractivity contribution < 1.29 is 0 Å². The Kier molecular flexibility index (Phi) is 2.96. The van der Waals surface area contributed by atoms with E-state index in [0.717, 1.165) is 12.5 Å². The Bertz CT molecular complexity index is 394. The fourth-order valence-electron chi connectivity index (χ4n) is 3.08. The second-order valence-electron chi connectivity index (χ2n) is 5.55. The van der Waals surface area contributed by atoms with Crippen LogP contribution in [-0.4, -0.2) is 19.6 Å². The number of benzene rings is 1. The summed E-state index contributed by atoms with van der Waals surface area (Å²) in [6.07, 6.45) is 5.32. The van der Waals surface area contributed by atoms with Crippen LogP contribution in [0.2, 0.25) is 0 Å². The fourth-order valence-corrected chi connectivity index (χ4v) is 3.08. The Morgan fingerprint density at radius 3 is 2.82 bits per heavy atom. The average Bonchev–Trinajstić information content (AvgIpc) is 2.39. The van der Waals surface area contributed by atoms with Crippen molar-refractivity contribution in [3.05, 3.63) is 23.8 Å². The lowest BCUT2D eigenvalue weighted by atomic mass is 9.94. The molecule has 0 radical (unpaired) electrons. The molecule has 2 nitrogen and oxygen atoms in total. The number of hydrogen-bond donors (Lipinski definition) is 1. The van der Waals surface area contributed by atoms with Crippen molar-refractivity contribution in [1.82, 2.24) is 0 Å². The van der Waals surface area contributed by atoms with Gasteiger partial charge in [0.1, 0.15) is 0 Å². The minimum atomic E-state index is 0.763. The molecule has 2 aliphatic heterocycles. The number of anilines is 2. The van der Waals surface area contributed by atoms with Gasteiger partial charge in [-0.2, -0.15) is 0 Å². The molecule has 1 aromatic carbocycles. The third kappa shape index (κ3) is 2.13. The summed E-state index contributed by atoms with van der Waals surface area (Å²) >= 11 is 0. The van der Waals surface area contributed by atoms with Crippen LogP contribution >= 0.6 is 0 Å². The first-order chi connectivity index (χ1) is 8.34. The minimum Gasteiger partial charge on any atom is -0.383 e. The summed E-state index contributed by atoms with van der Waals surface area (Å²) < 4.78 is 0. The van der Waals surface area contributed by atoms with Gasteiger partial charge in [-0.05, 0) is 43.2 Å². The van der Waals surface area contributed by atoms with Gasteiger partial charge >= 0.3 is 0 Å². The van der Waals surface area contributed by atoms with Crippen molar-refractivity contribution in [3.63, 3.8) is 0 Å². The van der Waals surface area contributed by atoms with Crippen LogP contribution in [0.15, 0.2) is 18.2 Å². The highest BCUT2D eigenvalue weighted by Crippen LogP contribution is 2.35. The first-order valence-electron chi connectivity index (χ1n) is 6.95. The lowest BCUT2D eigenvalue weighted by Gasteiger charge is -2.34. The van der Waals surface area contributed by atoms with Crippen LogP contribution in [-0.2, 0) is 6.42 Å². The predicted octanol–water partition coefficient (Wildman–Crippen LogP) is 3.28. The number of nitrogens with zero attached hydrogens (tertiary/aromatic N) is 1. The molecule has 1 N–H and O–H groups in total. The van der Waals surface area contributed by atoms with Crippen LogP contribution in [0, 0.1) is 5.92 Å². The van der Waals surface area contributed by atoms with Gasteiger partial charge in [-0.15, -0.1) is 0 Å². The molecule has 1 atom stereocenters. The van der Waals surface area contributed by atoms with Crippen LogP contribution in [0.5, 0.6) is 0 Å². The molecule has 1 saturated heterocycles. The molecule has 1 aromatic rings. The molecule has 92 valence electrons. The van der Waals surface area contributed by atoms with Gasteiger partial charge in [-0.3, -0.25) is 0 Å². The average molecular weight is 230 g/mol. The van der Waals surface area contributed by atoms with Crippen LogP contribution in [0.25, 0.3) is 0 Å². The largest absolute Gasteiger partial charge is 0.383 e. The van der Waals surface area contributed by atoms with Crippen molar-refractivity contribution in [2.24, 2.45) is 5.92 Å². The van der Waals surface area contributed by atoms with Crippen LogP contribution in [0.4, 0.5) is 11.4 Å². The van der Waals surface area contributed by atoms with Crippen LogP contribution in [0.1, 0.15) is 31.7 Å². The highest BCUT2D eigenvalue weighted by Gasteiger charge is 2.20. The van der Waals surface area contributed by atoms with Crippen LogP contribution in [0.3, 0.4) is 0 Å². The van der Waals surface area contributed by atoms with E-state index in [4.69, 9.17) is 0 Å². The Morgan fingerprint density at radius 2 is 2.00 bits per heavy atom. The molecular weight excluding hydrogens is 208 g/mol. The zero-order chi connectivity index (χ0) is 11.7. The Hall–Kier alpha value is -1.18. The van der Waals surface area contributed by atoms with Crippen molar-refractivity contribution >= 4 is 11.4 Å². The summed E-state index contributed by atoms with van der Waals surface area (Å²) in [6.45, 7) is 5.91. The first-order valence-corrected chi connectivity index (χ1v) is 6.95. The minimum absolute atomic E-state index is 0.763. The molecule has 0 amide bonds. The summed E-state index contributed by atoms with van der Waals surface area (Å²) in [5, 5.41) is 3.64. The van der Waals surface area contributed by atoms with Crippen molar-refractivity contribution in [1.29, 1.82) is 0 Å². The van der Waals surface area contributed by atoms with Gasteiger partial charge in [0, 0.05) is 19.6 Å². The lowest BCUT2D eigenvalue weighted by molar-refractivity contribution is 0.572. The van der Waals surface area contributed by atoms with Gasteiger partial charge in [-0.1, -0.05) is 19.1 Å². The molecular formula is C15H22N2. The third-order valence-electron chi connectivity index (χ3n) is 4.02. The van der Waals surface area contributed by atoms with E-state index in [2.05, 4.69) is 35.3 Å². The second kappa shape index (κ2) is 4.59. The fraction of sp³-hybridized carbons (Fsp3) is 0.600. The number of fused-ring (bicyclic) bond motifs is 1. The highest BCUT2D eigenvalue weighted by molar-refractivity contribution is 5.74. The summed E-state index contributed by atoms with van der Waals surface area (Å²) in [6, 6.07) is 6.79. The maximum Gasteiger partial charge on any atom is 0.0610 e. The summed E-state index contributed by atoms with van der Waals surface area (Å²) in [4.78, 5) is 2.56. The number of rotatable bonds is 1. The maximum atomic E-state index is 3.64. The van der Waals surface area contributed by atoms with Crippen LogP contribution < -0.4 is 10.2 Å². The van der Waals surface area contributed by atoms with E-state index in [-0.39, 0.29) is 0 Å². The van der Waals surface area contributed by atoms with Crippen molar-refractivity contribution in [2.75, 3.05) is 29.9 Å². The molecule has 2 heteroatoms. The Labute approximate surface area is 104 Å². The van der Waals surface area contributed by atoms with E-state index >= 15 is 0 Å². The zero-order valence-electron chi connectivity index (χ0n) is 10.7. The molecule has 0 aromatic heterocycles. The molecule has 1 unspecified atom stereocenters. The molecule has 0 bridgehead atoms. The zero-order valence-corrected chi connectivity index (χ0v) is 10.7. The summed E-state index contributed by atoms with van der Waals surface area (Å²) in [7, 11) is 0. The molecule has 0 spiro atoms. The molecule has 17 heavy (non-hydrogen) atoms. The molecule has 2 aliphatic rings. The third-order valence-corrected chi connectivity index (χ3v) is 4.02. The topological polar surface area (TPSA) is 15.3 Å². The van der Waals surface area contributed by atoms with Gasteiger partial charge < -0.3 is 10.2 Å². The number of piperidine rings is 1. The molecule has 0 saturated carbocycles. The monoisotopic (exact) mass is 230 g/mol. The van der Waals surface area contributed by atoms with Crippen molar-refractivity contribution in [2.45, 2.75) is 32.6 Å². The van der Waals surface area contributed by atoms with E-state index in [1.807, 2.05) is 0 Å². The van der Waals surface area contributed by atoms with Crippen molar-refractivity contribution in [3.8, 4) is 0 Å². The summed E-state index contributed by atoms with van der Waals surface area (Å²) in [5.41, 5.74) is 4.36. The number of hydrogen-bond acceptors (Lipinski definition) is 2. The highest BCUT2D eigenvalue weighted by atomic mass is 15.1. The molecule has 2 heterocycles. The first kappa shape index (κ1) is 10.9. The SMILES string of the molecule is CC1CNc2c(cccc2N2CCCCC2)C1. The van der Waals surface area contributed by atoms with E-state index in [1.54, 1.807) is 0 Å². The standard InChI is InChI=1S/C15H22N2/c1-12-10-13-6-5-7-14(15(13)16-11-12)17-8-3-2-4-9-17/h5-7,12,16H,2-4,8-11H2,1H3. The summed E-state index contributed by atoms with van der Waals surface area (Å²) in [5.74, 6) is 0.763. The van der Waals surface area contributed by atoms with Gasteiger partial charge in [-0.25, -0.2) is 0 Å². The van der Waals surface area contributed by atoms with Gasteiger partial charge in [0.25, 0.3) is 0 Å². The van der Waals surface area contributed by atoms with Gasteiger partial charge in [0.2, 0.25) is 0 Å². The molecule has 3 rings (SSSR count). The quantitative estimate of drug-likeness (QED) is 0.796. The van der Waals surface area contributed by atoms with E-state index < -0.39 is 0 Å². The van der Waals surface area contributed by atoms with E-state index in [0.29, 0.717) is 0 Å². The smallest absolute Gasteiger partial charge is 0.0610 e. The maximum absolute atomic E-state index is 3.64. The van der Waals surface area contributed by atoms with E-state index in [9.17, 15) is 0 Å². The number of para-hydroxylation sites is 1. The van der Waals surface area contributed by atoms with E-state index in [1.165, 1.54) is 55.7 Å². The Balaban J connectivity index is 1.91. The Morgan fingerprint density at radius 1 is 1.18 bits per heavy atom. The molecule has 1 fully saturated rings. The predicted molar refractivity (Wildman–Crippen MR) is 73.9 cm³/mol. The second-order valence-corrected chi connectivity index (χ2v) is 5.55. The van der Waals surface area contributed by atoms with Gasteiger partial charge in [0.15, 0.2) is 0 Å². The van der Waals surface area contributed by atoms with Gasteiger partial charge in [0.05, 0.1) is 11.4 Å². The molecule has 0 aliphatic carbocycles. The normalized spacial score (nSPS) is 24.1. The number of nitrogens with one attached hydrogen (secondary N) is 1. The lowest BCUT2D eigenvalue weighted by Crippen LogP contribution is -2.31.